The fourth-order valence-electron chi connectivity index (χ4n) is 7.96. The Kier molecular flexibility index (Phi) is 50.8. The highest BCUT2D eigenvalue weighted by atomic mass is 16.6. The molecule has 0 fully saturated rings. The van der Waals surface area contributed by atoms with Crippen molar-refractivity contribution in [3.8, 4) is 0 Å². The van der Waals surface area contributed by atoms with Crippen LogP contribution in [0.2, 0.25) is 0 Å². The maximum atomic E-state index is 12.8. The van der Waals surface area contributed by atoms with Gasteiger partial charge >= 0.3 is 17.9 Å². The molecule has 0 N–H and O–H groups in total. The molecule has 0 bridgehead atoms. The minimum Gasteiger partial charge on any atom is -0.462 e. The topological polar surface area (TPSA) is 78.9 Å². The fourth-order valence-corrected chi connectivity index (χ4v) is 7.96. The maximum absolute atomic E-state index is 12.8. The SMILES string of the molecule is CC/C=C\C/C=C\C/C=C\C/C=C\CCCCCCCCCCCCC(=O)OCC(COC(=O)CCCCCCCCCCC)OC(=O)CCCCCCCCCCCCCCCC. The van der Waals surface area contributed by atoms with Gasteiger partial charge in [-0.3, -0.25) is 14.4 Å². The molecule has 64 heavy (non-hydrogen) atoms. The molecule has 0 aliphatic rings. The van der Waals surface area contributed by atoms with Crippen LogP contribution in [0.5, 0.6) is 0 Å². The van der Waals surface area contributed by atoms with Gasteiger partial charge in [-0.15, -0.1) is 0 Å². The van der Waals surface area contributed by atoms with Crippen LogP contribution in [0.1, 0.15) is 284 Å². The molecule has 372 valence electrons. The van der Waals surface area contributed by atoms with Crippen molar-refractivity contribution in [2.75, 3.05) is 13.2 Å². The molecule has 0 saturated carbocycles. The standard InChI is InChI=1S/C58H104O6/c1-4-7-10-13-16-19-21-23-25-26-27-28-29-30-31-32-33-35-36-39-42-45-48-51-57(60)63-54-55(53-62-56(59)50-47-44-41-38-18-15-12-9-6-3)64-58(61)52-49-46-43-40-37-34-24-22-20-17-14-11-8-5-2/h7,10,16,19,23,25,27-28,55H,4-6,8-9,11-15,17-18,20-22,24,26,29-54H2,1-3H3/b10-7-,19-16-,25-23-,28-27-. The van der Waals surface area contributed by atoms with Crippen LogP contribution in [0.3, 0.4) is 0 Å². The van der Waals surface area contributed by atoms with Crippen molar-refractivity contribution >= 4 is 17.9 Å². The largest absolute Gasteiger partial charge is 0.462 e. The van der Waals surface area contributed by atoms with Crippen molar-refractivity contribution in [1.29, 1.82) is 0 Å². The van der Waals surface area contributed by atoms with Crippen molar-refractivity contribution in [3.63, 3.8) is 0 Å². The second-order valence-corrected chi connectivity index (χ2v) is 18.5. The van der Waals surface area contributed by atoms with Crippen molar-refractivity contribution in [3.05, 3.63) is 48.6 Å². The van der Waals surface area contributed by atoms with Crippen LogP contribution >= 0.6 is 0 Å². The van der Waals surface area contributed by atoms with E-state index in [4.69, 9.17) is 14.2 Å². The number of hydrogen-bond donors (Lipinski definition) is 0. The van der Waals surface area contributed by atoms with Gasteiger partial charge in [0.1, 0.15) is 13.2 Å². The summed E-state index contributed by atoms with van der Waals surface area (Å²) in [6.45, 7) is 6.53. The highest BCUT2D eigenvalue weighted by Crippen LogP contribution is 2.16. The molecule has 1 atom stereocenters. The second kappa shape index (κ2) is 53.0. The average Bonchev–Trinajstić information content (AvgIpc) is 3.29. The predicted octanol–water partition coefficient (Wildman–Crippen LogP) is 18.3. The van der Waals surface area contributed by atoms with Gasteiger partial charge in [0.25, 0.3) is 0 Å². The Hall–Kier alpha value is -2.63. The van der Waals surface area contributed by atoms with Gasteiger partial charge in [0, 0.05) is 19.3 Å². The van der Waals surface area contributed by atoms with Gasteiger partial charge in [-0.25, -0.2) is 0 Å². The first-order valence-electron chi connectivity index (χ1n) is 27.6. The third kappa shape index (κ3) is 50.4. The second-order valence-electron chi connectivity index (χ2n) is 18.5. The lowest BCUT2D eigenvalue weighted by Gasteiger charge is -2.18. The molecule has 0 aromatic heterocycles. The first-order valence-corrected chi connectivity index (χ1v) is 27.6. The van der Waals surface area contributed by atoms with Gasteiger partial charge in [-0.1, -0.05) is 256 Å². The normalized spacial score (nSPS) is 12.4. The summed E-state index contributed by atoms with van der Waals surface area (Å²) in [5, 5.41) is 0. The molecule has 0 saturated heterocycles. The summed E-state index contributed by atoms with van der Waals surface area (Å²) in [6, 6.07) is 0. The fraction of sp³-hybridized carbons (Fsp3) is 0.810. The minimum absolute atomic E-state index is 0.0701. The highest BCUT2D eigenvalue weighted by molar-refractivity contribution is 5.71. The number of unbranched alkanes of at least 4 members (excludes halogenated alkanes) is 31. The summed E-state index contributed by atoms with van der Waals surface area (Å²) < 4.78 is 16.8. The van der Waals surface area contributed by atoms with Crippen LogP contribution in [-0.2, 0) is 28.6 Å². The van der Waals surface area contributed by atoms with E-state index in [9.17, 15) is 14.4 Å². The monoisotopic (exact) mass is 897 g/mol. The van der Waals surface area contributed by atoms with E-state index in [2.05, 4.69) is 69.4 Å². The molecule has 0 spiro atoms. The van der Waals surface area contributed by atoms with E-state index in [0.717, 1.165) is 83.5 Å². The molecule has 6 heteroatoms. The summed E-state index contributed by atoms with van der Waals surface area (Å²) in [6.07, 6.45) is 63.9. The van der Waals surface area contributed by atoms with Crippen LogP contribution in [0.15, 0.2) is 48.6 Å². The Balaban J connectivity index is 4.22. The summed E-state index contributed by atoms with van der Waals surface area (Å²) in [5.41, 5.74) is 0. The average molecular weight is 897 g/mol. The van der Waals surface area contributed by atoms with E-state index in [0.29, 0.717) is 19.3 Å². The Morgan fingerprint density at radius 3 is 0.953 bits per heavy atom. The smallest absolute Gasteiger partial charge is 0.306 e. The molecule has 1 unspecified atom stereocenters. The van der Waals surface area contributed by atoms with Gasteiger partial charge in [0.2, 0.25) is 0 Å². The highest BCUT2D eigenvalue weighted by Gasteiger charge is 2.19. The van der Waals surface area contributed by atoms with Crippen LogP contribution < -0.4 is 0 Å². The third-order valence-electron chi connectivity index (χ3n) is 12.1. The molecule has 0 aromatic rings. The zero-order chi connectivity index (χ0) is 46.5. The van der Waals surface area contributed by atoms with E-state index < -0.39 is 6.10 Å². The van der Waals surface area contributed by atoms with Crippen molar-refractivity contribution in [1.82, 2.24) is 0 Å². The van der Waals surface area contributed by atoms with Crippen LogP contribution in [0, 0.1) is 0 Å². The number of carbonyl (C=O) groups excluding carboxylic acids is 3. The van der Waals surface area contributed by atoms with Crippen LogP contribution in [0.4, 0.5) is 0 Å². The zero-order valence-electron chi connectivity index (χ0n) is 42.6. The minimum atomic E-state index is -0.769. The Morgan fingerprint density at radius 2 is 0.609 bits per heavy atom. The Bertz CT molecular complexity index is 1120. The zero-order valence-corrected chi connectivity index (χ0v) is 42.6. The van der Waals surface area contributed by atoms with Gasteiger partial charge in [-0.2, -0.15) is 0 Å². The number of esters is 3. The lowest BCUT2D eigenvalue weighted by molar-refractivity contribution is -0.167. The summed E-state index contributed by atoms with van der Waals surface area (Å²) in [4.78, 5) is 38.0. The molecule has 0 heterocycles. The van der Waals surface area contributed by atoms with Gasteiger partial charge < -0.3 is 14.2 Å². The molecule has 0 rings (SSSR count). The first-order chi connectivity index (χ1) is 31.5. The third-order valence-corrected chi connectivity index (χ3v) is 12.1. The number of allylic oxidation sites excluding steroid dienone is 8. The van der Waals surface area contributed by atoms with E-state index >= 15 is 0 Å². The van der Waals surface area contributed by atoms with E-state index in [-0.39, 0.29) is 31.1 Å². The van der Waals surface area contributed by atoms with Crippen molar-refractivity contribution < 1.29 is 28.6 Å². The van der Waals surface area contributed by atoms with Gasteiger partial charge in [-0.05, 0) is 57.8 Å². The molecule has 0 aromatic carbocycles. The summed E-state index contributed by atoms with van der Waals surface area (Å²) in [5.74, 6) is -0.865. The van der Waals surface area contributed by atoms with Crippen molar-refractivity contribution in [2.24, 2.45) is 0 Å². The summed E-state index contributed by atoms with van der Waals surface area (Å²) in [7, 11) is 0. The van der Waals surface area contributed by atoms with Gasteiger partial charge in [0.05, 0.1) is 0 Å². The molecular formula is C58H104O6. The quantitative estimate of drug-likeness (QED) is 0.0262. The lowest BCUT2D eigenvalue weighted by atomic mass is 10.0. The Labute approximate surface area is 397 Å². The number of ether oxygens (including phenoxy) is 3. The predicted molar refractivity (Wildman–Crippen MR) is 275 cm³/mol. The number of carbonyl (C=O) groups is 3. The van der Waals surface area contributed by atoms with Crippen molar-refractivity contribution in [2.45, 2.75) is 290 Å². The first kappa shape index (κ1) is 61.4. The molecule has 0 radical (unpaired) electrons. The Morgan fingerprint density at radius 1 is 0.328 bits per heavy atom. The molecule has 0 aliphatic carbocycles. The molecular weight excluding hydrogens is 793 g/mol. The summed E-state index contributed by atoms with van der Waals surface area (Å²) >= 11 is 0. The molecule has 0 aliphatic heterocycles. The van der Waals surface area contributed by atoms with Crippen LogP contribution in [0.25, 0.3) is 0 Å². The van der Waals surface area contributed by atoms with E-state index in [1.165, 1.54) is 161 Å². The maximum Gasteiger partial charge on any atom is 0.306 e. The lowest BCUT2D eigenvalue weighted by Crippen LogP contribution is -2.30. The number of rotatable bonds is 50. The molecule has 0 amide bonds. The van der Waals surface area contributed by atoms with Crippen LogP contribution in [-0.4, -0.2) is 37.2 Å². The number of hydrogen-bond acceptors (Lipinski definition) is 6. The van der Waals surface area contributed by atoms with E-state index in [1.807, 2.05) is 0 Å². The van der Waals surface area contributed by atoms with Gasteiger partial charge in [0.15, 0.2) is 6.10 Å². The van der Waals surface area contributed by atoms with E-state index in [1.54, 1.807) is 0 Å². The molecule has 6 nitrogen and oxygen atoms in total.